The summed E-state index contributed by atoms with van der Waals surface area (Å²) in [6.07, 6.45) is 2.41. The van der Waals surface area contributed by atoms with Crippen LogP contribution in [0.1, 0.15) is 16.8 Å². The lowest BCUT2D eigenvalue weighted by Crippen LogP contribution is -2.48. The van der Waals surface area contributed by atoms with Crippen LogP contribution in [0.15, 0.2) is 91.1 Å². The van der Waals surface area contributed by atoms with Gasteiger partial charge >= 0.3 is 0 Å². The maximum atomic E-state index is 13.2. The van der Waals surface area contributed by atoms with Gasteiger partial charge in [-0.2, -0.15) is 0 Å². The zero-order chi connectivity index (χ0) is 27.6. The third-order valence-electron chi connectivity index (χ3n) is 7.59. The van der Waals surface area contributed by atoms with Gasteiger partial charge in [-0.15, -0.1) is 0 Å². The van der Waals surface area contributed by atoms with Crippen molar-refractivity contribution < 1.29 is 9.18 Å². The van der Waals surface area contributed by atoms with E-state index >= 15 is 0 Å². The highest BCUT2D eigenvalue weighted by Crippen LogP contribution is 2.31. The molecule has 0 atom stereocenters. The largest absolute Gasteiger partial charge is 0.340 e. The van der Waals surface area contributed by atoms with Crippen LogP contribution in [0.25, 0.3) is 28.0 Å². The molecule has 0 N–H and O–H groups in total. The number of carbonyl (C=O) groups is 1. The quantitative estimate of drug-likeness (QED) is 0.237. The molecular weight excluding hydrogens is 523 g/mol. The minimum Gasteiger partial charge on any atom is -0.340 e. The molecule has 202 valence electrons. The average Bonchev–Trinajstić information content (AvgIpc) is 3.32. The summed E-state index contributed by atoms with van der Waals surface area (Å²) in [5.41, 5.74) is 8.09. The number of halogens is 2. The van der Waals surface area contributed by atoms with Crippen molar-refractivity contribution in [3.05, 3.63) is 119 Å². The highest BCUT2D eigenvalue weighted by molar-refractivity contribution is 6.33. The Hall–Kier alpha value is -4.00. The zero-order valence-electron chi connectivity index (χ0n) is 22.4. The van der Waals surface area contributed by atoms with Gasteiger partial charge in [0.15, 0.2) is 0 Å². The van der Waals surface area contributed by atoms with Gasteiger partial charge in [-0.1, -0.05) is 71.8 Å². The molecule has 0 saturated carbocycles. The Labute approximate surface area is 238 Å². The van der Waals surface area contributed by atoms with Crippen LogP contribution < -0.4 is 0 Å². The molecule has 3 heterocycles. The van der Waals surface area contributed by atoms with Crippen molar-refractivity contribution in [2.24, 2.45) is 0 Å². The van der Waals surface area contributed by atoms with Gasteiger partial charge in [-0.05, 0) is 48.4 Å². The smallest absolute Gasteiger partial charge is 0.227 e. The van der Waals surface area contributed by atoms with Gasteiger partial charge < -0.3 is 9.30 Å². The van der Waals surface area contributed by atoms with Gasteiger partial charge in [-0.25, -0.2) is 9.37 Å². The first-order chi connectivity index (χ1) is 19.4. The van der Waals surface area contributed by atoms with Crippen molar-refractivity contribution in [2.45, 2.75) is 19.9 Å². The zero-order valence-corrected chi connectivity index (χ0v) is 23.1. The van der Waals surface area contributed by atoms with Gasteiger partial charge in [0.1, 0.15) is 11.5 Å². The number of pyridine rings is 1. The van der Waals surface area contributed by atoms with Crippen molar-refractivity contribution in [3.63, 3.8) is 0 Å². The van der Waals surface area contributed by atoms with E-state index in [1.165, 1.54) is 17.7 Å². The van der Waals surface area contributed by atoms with Gasteiger partial charge in [0.25, 0.3) is 0 Å². The van der Waals surface area contributed by atoms with Crippen molar-refractivity contribution in [1.82, 2.24) is 19.2 Å². The molecule has 0 unspecified atom stereocenters. The van der Waals surface area contributed by atoms with Crippen molar-refractivity contribution in [3.8, 4) is 22.4 Å². The van der Waals surface area contributed by atoms with E-state index in [-0.39, 0.29) is 18.1 Å². The number of aryl methyl sites for hydroxylation is 1. The summed E-state index contributed by atoms with van der Waals surface area (Å²) in [5, 5.41) is 0.712. The maximum absolute atomic E-state index is 13.2. The minimum absolute atomic E-state index is 0.0748. The fourth-order valence-corrected chi connectivity index (χ4v) is 5.54. The molecule has 0 bridgehead atoms. The number of hydrogen-bond acceptors (Lipinski definition) is 3. The van der Waals surface area contributed by atoms with E-state index in [0.29, 0.717) is 24.7 Å². The van der Waals surface area contributed by atoms with Crippen LogP contribution in [0.5, 0.6) is 0 Å². The summed E-state index contributed by atoms with van der Waals surface area (Å²) < 4.78 is 15.4. The van der Waals surface area contributed by atoms with Crippen LogP contribution in [0, 0.1) is 12.7 Å². The van der Waals surface area contributed by atoms with Crippen molar-refractivity contribution in [1.29, 1.82) is 0 Å². The van der Waals surface area contributed by atoms with Gasteiger partial charge in [0, 0.05) is 55.1 Å². The molecule has 1 aliphatic rings. The van der Waals surface area contributed by atoms with Crippen LogP contribution >= 0.6 is 11.6 Å². The van der Waals surface area contributed by atoms with Crippen molar-refractivity contribution in [2.75, 3.05) is 26.2 Å². The number of amides is 1. The molecule has 5 nitrogen and oxygen atoms in total. The molecule has 0 aliphatic carbocycles. The topological polar surface area (TPSA) is 40.9 Å². The molecule has 1 aliphatic heterocycles. The van der Waals surface area contributed by atoms with E-state index in [4.69, 9.17) is 16.6 Å². The Balaban J connectivity index is 1.26. The summed E-state index contributed by atoms with van der Waals surface area (Å²) in [4.78, 5) is 22.2. The Bertz CT molecular complexity index is 1660. The molecule has 1 amide bonds. The lowest BCUT2D eigenvalue weighted by Gasteiger charge is -2.35. The second-order valence-electron chi connectivity index (χ2n) is 10.4. The average molecular weight is 553 g/mol. The van der Waals surface area contributed by atoms with E-state index in [9.17, 15) is 9.18 Å². The van der Waals surface area contributed by atoms with Gasteiger partial charge in [0.2, 0.25) is 5.91 Å². The van der Waals surface area contributed by atoms with Crippen molar-refractivity contribution >= 4 is 23.2 Å². The summed E-state index contributed by atoms with van der Waals surface area (Å²) in [5.74, 6) is -0.216. The number of nitrogens with zero attached hydrogens (tertiary/aromatic N) is 4. The highest BCUT2D eigenvalue weighted by atomic mass is 35.5. The van der Waals surface area contributed by atoms with E-state index < -0.39 is 0 Å². The molecule has 0 radical (unpaired) electrons. The SMILES string of the molecule is Cc1ccc(-c2nc3ccc(-c4ccccc4Cl)cn3c2CN2CCN(C(=O)Cc3ccc(F)cc3)CC2)cc1. The molecule has 0 spiro atoms. The first-order valence-electron chi connectivity index (χ1n) is 13.5. The van der Waals surface area contributed by atoms with E-state index in [0.717, 1.165) is 52.4 Å². The molecular formula is C33H30ClFN4O. The highest BCUT2D eigenvalue weighted by Gasteiger charge is 2.24. The van der Waals surface area contributed by atoms with E-state index in [1.807, 2.05) is 35.2 Å². The van der Waals surface area contributed by atoms with Gasteiger partial charge in [0.05, 0.1) is 17.8 Å². The van der Waals surface area contributed by atoms with Crippen LogP contribution in [-0.4, -0.2) is 51.3 Å². The number of aromatic nitrogens is 2. The minimum atomic E-state index is -0.291. The normalized spacial score (nSPS) is 14.1. The predicted molar refractivity (Wildman–Crippen MR) is 158 cm³/mol. The lowest BCUT2D eigenvalue weighted by atomic mass is 10.1. The first kappa shape index (κ1) is 26.2. The molecule has 7 heteroatoms. The second-order valence-corrected chi connectivity index (χ2v) is 10.8. The molecule has 6 rings (SSSR count). The fourth-order valence-electron chi connectivity index (χ4n) is 5.30. The molecule has 1 saturated heterocycles. The first-order valence-corrected chi connectivity index (χ1v) is 13.9. The summed E-state index contributed by atoms with van der Waals surface area (Å²) >= 11 is 6.54. The number of rotatable bonds is 6. The molecule has 40 heavy (non-hydrogen) atoms. The monoisotopic (exact) mass is 552 g/mol. The third-order valence-corrected chi connectivity index (χ3v) is 7.92. The molecule has 3 aromatic carbocycles. The van der Waals surface area contributed by atoms with E-state index in [1.54, 1.807) is 12.1 Å². The Morgan fingerprint density at radius 1 is 0.875 bits per heavy atom. The maximum Gasteiger partial charge on any atom is 0.227 e. The fraction of sp³-hybridized carbons (Fsp3) is 0.212. The number of imidazole rings is 1. The van der Waals surface area contributed by atoms with Gasteiger partial charge in [-0.3, -0.25) is 9.69 Å². The molecule has 5 aromatic rings. The Morgan fingerprint density at radius 3 is 2.30 bits per heavy atom. The van der Waals surface area contributed by atoms with Crippen LogP contribution in [0.2, 0.25) is 5.02 Å². The Kier molecular flexibility index (Phi) is 7.37. The molecule has 2 aromatic heterocycles. The second kappa shape index (κ2) is 11.2. The summed E-state index contributed by atoms with van der Waals surface area (Å²) in [6, 6.07) is 26.6. The number of fused-ring (bicyclic) bond motifs is 1. The number of carbonyl (C=O) groups excluding carboxylic acids is 1. The third kappa shape index (κ3) is 5.51. The van der Waals surface area contributed by atoms with Crippen LogP contribution in [-0.2, 0) is 17.8 Å². The Morgan fingerprint density at radius 2 is 1.57 bits per heavy atom. The van der Waals surface area contributed by atoms with E-state index in [2.05, 4.69) is 52.8 Å². The number of hydrogen-bond donors (Lipinski definition) is 0. The van der Waals surface area contributed by atoms with Crippen LogP contribution in [0.4, 0.5) is 4.39 Å². The summed E-state index contributed by atoms with van der Waals surface area (Å²) in [6.45, 7) is 5.63. The standard InChI is InChI=1S/C33H30ClFN4O/c1-23-6-10-25(11-7-23)33-30(39-21-26(12-15-31(39)36-33)28-4-2-3-5-29(28)34)22-37-16-18-38(19-17-37)32(40)20-24-8-13-27(35)14-9-24/h2-15,21H,16-20,22H2,1H3. The van der Waals surface area contributed by atoms with Crippen LogP contribution in [0.3, 0.4) is 0 Å². The predicted octanol–water partition coefficient (Wildman–Crippen LogP) is 6.66. The number of piperazine rings is 1. The number of benzene rings is 3. The molecule has 1 fully saturated rings. The summed E-state index contributed by atoms with van der Waals surface area (Å²) in [7, 11) is 0. The lowest BCUT2D eigenvalue weighted by molar-refractivity contribution is -0.132.